The summed E-state index contributed by atoms with van der Waals surface area (Å²) in [5.41, 5.74) is 2.38. The summed E-state index contributed by atoms with van der Waals surface area (Å²) in [5, 5.41) is 4.17. The van der Waals surface area contributed by atoms with E-state index in [1.54, 1.807) is 23.7 Å². The number of nitrogens with zero attached hydrogens (tertiary/aromatic N) is 3. The van der Waals surface area contributed by atoms with Crippen LogP contribution in [0.15, 0.2) is 41.4 Å². The average molecular weight is 331 g/mol. The van der Waals surface area contributed by atoms with Crippen molar-refractivity contribution in [1.29, 1.82) is 0 Å². The molecule has 2 aromatic heterocycles. The lowest BCUT2D eigenvalue weighted by Gasteiger charge is -2.30. The van der Waals surface area contributed by atoms with E-state index in [1.807, 2.05) is 24.1 Å². The van der Waals surface area contributed by atoms with Crippen LogP contribution in [0, 0.1) is 0 Å². The largest absolute Gasteiger partial charge is 0.335 e. The highest BCUT2D eigenvalue weighted by Crippen LogP contribution is 2.14. The van der Waals surface area contributed by atoms with Gasteiger partial charge in [0.05, 0.1) is 6.54 Å². The van der Waals surface area contributed by atoms with Crippen LogP contribution in [-0.2, 0) is 17.9 Å². The SMILES string of the molecule is CC[C@@H](C)N(Cc1ccsc1)C(=O)CN(C)Cc1ccncc1. The Bertz CT molecular complexity index is 586. The number of hydrogen-bond donors (Lipinski definition) is 0. The first-order valence-corrected chi connectivity index (χ1v) is 8.92. The number of hydrogen-bond acceptors (Lipinski definition) is 4. The molecular formula is C18H25N3OS. The molecule has 124 valence electrons. The Labute approximate surface area is 142 Å². The normalized spacial score (nSPS) is 12.3. The zero-order valence-electron chi connectivity index (χ0n) is 14.1. The van der Waals surface area contributed by atoms with E-state index < -0.39 is 0 Å². The lowest BCUT2D eigenvalue weighted by atomic mass is 10.2. The number of likely N-dealkylation sites (N-methyl/N-ethyl adjacent to an activating group) is 1. The lowest BCUT2D eigenvalue weighted by molar-refractivity contribution is -0.135. The standard InChI is InChI=1S/C18H25N3OS/c1-4-15(2)21(12-17-7-10-23-14-17)18(22)13-20(3)11-16-5-8-19-9-6-16/h5-10,14-15H,4,11-13H2,1-3H3/t15-/m1/s1. The first kappa shape index (κ1) is 17.6. The highest BCUT2D eigenvalue weighted by atomic mass is 32.1. The van der Waals surface area contributed by atoms with Gasteiger partial charge in [0.25, 0.3) is 0 Å². The van der Waals surface area contributed by atoms with Crippen molar-refractivity contribution in [1.82, 2.24) is 14.8 Å². The number of thiophene rings is 1. The minimum Gasteiger partial charge on any atom is -0.335 e. The second-order valence-electron chi connectivity index (χ2n) is 5.94. The van der Waals surface area contributed by atoms with Gasteiger partial charge in [0.15, 0.2) is 0 Å². The Hall–Kier alpha value is -1.72. The summed E-state index contributed by atoms with van der Waals surface area (Å²) < 4.78 is 0. The second kappa shape index (κ2) is 8.79. The quantitative estimate of drug-likeness (QED) is 0.744. The lowest BCUT2D eigenvalue weighted by Crippen LogP contribution is -2.43. The van der Waals surface area contributed by atoms with Crippen molar-refractivity contribution in [3.8, 4) is 0 Å². The molecule has 0 bridgehead atoms. The van der Waals surface area contributed by atoms with Gasteiger partial charge >= 0.3 is 0 Å². The van der Waals surface area contributed by atoms with Gasteiger partial charge in [-0.25, -0.2) is 0 Å². The van der Waals surface area contributed by atoms with E-state index in [4.69, 9.17) is 0 Å². The van der Waals surface area contributed by atoms with E-state index in [-0.39, 0.29) is 11.9 Å². The minimum atomic E-state index is 0.183. The average Bonchev–Trinajstić information content (AvgIpc) is 3.05. The third-order valence-electron chi connectivity index (χ3n) is 3.98. The molecule has 2 rings (SSSR count). The highest BCUT2D eigenvalue weighted by Gasteiger charge is 2.20. The van der Waals surface area contributed by atoms with Crippen molar-refractivity contribution in [3.05, 3.63) is 52.5 Å². The zero-order chi connectivity index (χ0) is 16.7. The number of carbonyl (C=O) groups is 1. The van der Waals surface area contributed by atoms with E-state index >= 15 is 0 Å². The van der Waals surface area contributed by atoms with E-state index in [0.29, 0.717) is 13.1 Å². The van der Waals surface area contributed by atoms with Gasteiger partial charge < -0.3 is 4.90 Å². The summed E-state index contributed by atoms with van der Waals surface area (Å²) in [4.78, 5) is 20.8. The molecule has 0 unspecified atom stereocenters. The van der Waals surface area contributed by atoms with Gasteiger partial charge in [-0.1, -0.05) is 6.92 Å². The van der Waals surface area contributed by atoms with E-state index in [1.165, 1.54) is 11.1 Å². The molecule has 0 saturated carbocycles. The molecule has 0 N–H and O–H groups in total. The number of rotatable bonds is 8. The van der Waals surface area contributed by atoms with Crippen LogP contribution >= 0.6 is 11.3 Å². The van der Waals surface area contributed by atoms with Gasteiger partial charge in [-0.05, 0) is 60.5 Å². The van der Waals surface area contributed by atoms with Crippen LogP contribution in [0.5, 0.6) is 0 Å². The predicted molar refractivity (Wildman–Crippen MR) is 95.2 cm³/mol. The third kappa shape index (κ3) is 5.44. The molecule has 0 saturated heterocycles. The van der Waals surface area contributed by atoms with E-state index in [2.05, 4.69) is 40.6 Å². The van der Waals surface area contributed by atoms with Gasteiger partial charge in [-0.2, -0.15) is 11.3 Å². The Morgan fingerprint density at radius 1 is 1.22 bits per heavy atom. The topological polar surface area (TPSA) is 36.4 Å². The van der Waals surface area contributed by atoms with Gasteiger partial charge in [-0.15, -0.1) is 0 Å². The first-order valence-electron chi connectivity index (χ1n) is 7.98. The third-order valence-corrected chi connectivity index (χ3v) is 4.72. The van der Waals surface area contributed by atoms with Crippen LogP contribution in [0.3, 0.4) is 0 Å². The molecule has 1 atom stereocenters. The summed E-state index contributed by atoms with van der Waals surface area (Å²) in [6, 6.07) is 6.31. The van der Waals surface area contributed by atoms with Gasteiger partial charge in [-0.3, -0.25) is 14.7 Å². The van der Waals surface area contributed by atoms with Gasteiger partial charge in [0, 0.05) is 31.5 Å². The van der Waals surface area contributed by atoms with Crippen LogP contribution in [-0.4, -0.2) is 40.3 Å². The summed E-state index contributed by atoms with van der Waals surface area (Å²) >= 11 is 1.67. The molecule has 0 aliphatic heterocycles. The minimum absolute atomic E-state index is 0.183. The Kier molecular flexibility index (Phi) is 6.74. The maximum Gasteiger partial charge on any atom is 0.237 e. The smallest absolute Gasteiger partial charge is 0.237 e. The van der Waals surface area contributed by atoms with Crippen LogP contribution in [0.1, 0.15) is 31.4 Å². The monoisotopic (exact) mass is 331 g/mol. The molecule has 0 radical (unpaired) electrons. The van der Waals surface area contributed by atoms with Crippen LogP contribution in [0.4, 0.5) is 0 Å². The Balaban J connectivity index is 1.96. The van der Waals surface area contributed by atoms with Gasteiger partial charge in [0.1, 0.15) is 0 Å². The maximum absolute atomic E-state index is 12.7. The fourth-order valence-electron chi connectivity index (χ4n) is 2.47. The summed E-state index contributed by atoms with van der Waals surface area (Å²) in [6.07, 6.45) is 4.53. The molecule has 4 nitrogen and oxygen atoms in total. The van der Waals surface area contributed by atoms with Crippen molar-refractivity contribution in [2.45, 2.75) is 39.4 Å². The molecule has 23 heavy (non-hydrogen) atoms. The van der Waals surface area contributed by atoms with Crippen molar-refractivity contribution < 1.29 is 4.79 Å². The summed E-state index contributed by atoms with van der Waals surface area (Å²) in [6.45, 7) is 6.12. The van der Waals surface area contributed by atoms with Crippen molar-refractivity contribution in [2.75, 3.05) is 13.6 Å². The molecule has 0 fully saturated rings. The second-order valence-corrected chi connectivity index (χ2v) is 6.72. The Morgan fingerprint density at radius 3 is 2.57 bits per heavy atom. The molecular weight excluding hydrogens is 306 g/mol. The predicted octanol–water partition coefficient (Wildman–Crippen LogP) is 3.40. The van der Waals surface area contributed by atoms with Crippen LogP contribution in [0.25, 0.3) is 0 Å². The van der Waals surface area contributed by atoms with E-state index in [9.17, 15) is 4.79 Å². The Morgan fingerprint density at radius 2 is 1.96 bits per heavy atom. The molecule has 1 amide bonds. The fraction of sp³-hybridized carbons (Fsp3) is 0.444. The first-order chi connectivity index (χ1) is 11.1. The molecule has 0 aromatic carbocycles. The van der Waals surface area contributed by atoms with Gasteiger partial charge in [0.2, 0.25) is 5.91 Å². The van der Waals surface area contributed by atoms with E-state index in [0.717, 1.165) is 13.0 Å². The number of aromatic nitrogens is 1. The van der Waals surface area contributed by atoms with Crippen LogP contribution < -0.4 is 0 Å². The number of carbonyl (C=O) groups excluding carboxylic acids is 1. The van der Waals surface area contributed by atoms with Crippen molar-refractivity contribution in [2.24, 2.45) is 0 Å². The highest BCUT2D eigenvalue weighted by molar-refractivity contribution is 7.07. The number of amides is 1. The molecule has 0 aliphatic carbocycles. The van der Waals surface area contributed by atoms with Crippen LogP contribution in [0.2, 0.25) is 0 Å². The molecule has 0 spiro atoms. The fourth-order valence-corrected chi connectivity index (χ4v) is 3.13. The maximum atomic E-state index is 12.7. The molecule has 2 aromatic rings. The van der Waals surface area contributed by atoms with Crippen molar-refractivity contribution in [3.63, 3.8) is 0 Å². The van der Waals surface area contributed by atoms with Crippen molar-refractivity contribution >= 4 is 17.2 Å². The molecule has 0 aliphatic rings. The molecule has 5 heteroatoms. The molecule has 2 heterocycles. The number of pyridine rings is 1. The summed E-state index contributed by atoms with van der Waals surface area (Å²) in [5.74, 6) is 0.183. The summed E-state index contributed by atoms with van der Waals surface area (Å²) in [7, 11) is 1.98. The zero-order valence-corrected chi connectivity index (χ0v) is 14.9.